The molecule has 2 saturated heterocycles. The molecule has 11 heavy (non-hydrogen) atoms. The van der Waals surface area contributed by atoms with Crippen molar-refractivity contribution in [3.63, 3.8) is 0 Å². The lowest BCUT2D eigenvalue weighted by molar-refractivity contribution is -0.0218. The molecule has 0 radical (unpaired) electrons. The van der Waals surface area contributed by atoms with E-state index in [1.165, 1.54) is 0 Å². The molecule has 3 atom stereocenters. The average Bonchev–Trinajstić information content (AvgIpc) is 2.46. The van der Waals surface area contributed by atoms with Crippen LogP contribution in [-0.2, 0) is 4.74 Å². The molecule has 2 rings (SSSR count). The van der Waals surface area contributed by atoms with Crippen LogP contribution in [0.25, 0.3) is 0 Å². The summed E-state index contributed by atoms with van der Waals surface area (Å²) < 4.78 is 5.45. The van der Waals surface area contributed by atoms with Gasteiger partial charge < -0.3 is 15.6 Å². The summed E-state index contributed by atoms with van der Waals surface area (Å²) in [6, 6.07) is 0. The second kappa shape index (κ2) is 2.90. The fraction of sp³-hybridized carbons (Fsp3) is 1.00. The van der Waals surface area contributed by atoms with E-state index in [2.05, 4.69) is 0 Å². The monoisotopic (exact) mass is 179 g/mol. The van der Waals surface area contributed by atoms with E-state index in [1.807, 2.05) is 0 Å². The lowest BCUT2D eigenvalue weighted by Gasteiger charge is -2.27. The molecular weight excluding hydrogens is 166 g/mol. The van der Waals surface area contributed by atoms with Crippen molar-refractivity contribution in [1.82, 2.24) is 0 Å². The van der Waals surface area contributed by atoms with Crippen LogP contribution >= 0.6 is 12.4 Å². The SMILES string of the molecule is Cl.NCC1(O)CC2CCC1O2. The number of ether oxygens (including phenoxy) is 1. The van der Waals surface area contributed by atoms with E-state index in [1.54, 1.807) is 0 Å². The van der Waals surface area contributed by atoms with Crippen molar-refractivity contribution in [3.8, 4) is 0 Å². The van der Waals surface area contributed by atoms with Crippen LogP contribution in [0.5, 0.6) is 0 Å². The van der Waals surface area contributed by atoms with Gasteiger partial charge in [0.05, 0.1) is 12.2 Å². The lowest BCUT2D eigenvalue weighted by Crippen LogP contribution is -2.46. The minimum atomic E-state index is -0.692. The van der Waals surface area contributed by atoms with Crippen LogP contribution in [0, 0.1) is 0 Å². The fourth-order valence-electron chi connectivity index (χ4n) is 1.99. The second-order valence-electron chi connectivity index (χ2n) is 3.34. The first-order valence-electron chi connectivity index (χ1n) is 3.82. The molecule has 2 bridgehead atoms. The Labute approximate surface area is 72.3 Å². The van der Waals surface area contributed by atoms with Gasteiger partial charge in [-0.2, -0.15) is 0 Å². The molecule has 2 fully saturated rings. The molecule has 0 aromatic heterocycles. The normalized spacial score (nSPS) is 47.5. The van der Waals surface area contributed by atoms with Gasteiger partial charge in [0.15, 0.2) is 0 Å². The standard InChI is InChI=1S/C7H13NO2.ClH/c8-4-7(9)3-5-1-2-6(7)10-5;/h5-6,9H,1-4,8H2;1H. The van der Waals surface area contributed by atoms with Crippen molar-refractivity contribution < 1.29 is 9.84 Å². The van der Waals surface area contributed by atoms with E-state index in [-0.39, 0.29) is 18.5 Å². The van der Waals surface area contributed by atoms with Crippen LogP contribution in [0.2, 0.25) is 0 Å². The van der Waals surface area contributed by atoms with Crippen LogP contribution in [0.3, 0.4) is 0 Å². The Morgan fingerprint density at radius 3 is 2.55 bits per heavy atom. The quantitative estimate of drug-likeness (QED) is 0.598. The van der Waals surface area contributed by atoms with E-state index >= 15 is 0 Å². The van der Waals surface area contributed by atoms with Crippen LogP contribution in [-0.4, -0.2) is 29.5 Å². The van der Waals surface area contributed by atoms with Crippen molar-refractivity contribution in [2.75, 3.05) is 6.54 Å². The maximum absolute atomic E-state index is 9.74. The Hall–Kier alpha value is 0.170. The molecule has 2 aliphatic heterocycles. The van der Waals surface area contributed by atoms with Crippen LogP contribution < -0.4 is 5.73 Å². The number of hydrogen-bond acceptors (Lipinski definition) is 3. The average molecular weight is 180 g/mol. The maximum Gasteiger partial charge on any atom is 0.105 e. The van der Waals surface area contributed by atoms with Crippen molar-refractivity contribution in [2.24, 2.45) is 5.73 Å². The number of nitrogens with two attached hydrogens (primary N) is 1. The maximum atomic E-state index is 9.74. The molecule has 2 heterocycles. The highest BCUT2D eigenvalue weighted by atomic mass is 35.5. The zero-order chi connectivity index (χ0) is 7.19. The largest absolute Gasteiger partial charge is 0.386 e. The second-order valence-corrected chi connectivity index (χ2v) is 3.34. The summed E-state index contributed by atoms with van der Waals surface area (Å²) in [5.41, 5.74) is 4.73. The molecule has 0 aromatic rings. The molecule has 0 aliphatic carbocycles. The Bertz CT molecular complexity index is 155. The highest BCUT2D eigenvalue weighted by molar-refractivity contribution is 5.85. The Morgan fingerprint density at radius 1 is 1.55 bits per heavy atom. The van der Waals surface area contributed by atoms with E-state index in [9.17, 15) is 5.11 Å². The van der Waals surface area contributed by atoms with Gasteiger partial charge in [0.2, 0.25) is 0 Å². The van der Waals surface area contributed by atoms with Crippen molar-refractivity contribution in [2.45, 2.75) is 37.1 Å². The first-order chi connectivity index (χ1) is 4.74. The third kappa shape index (κ3) is 1.26. The third-order valence-corrected chi connectivity index (χ3v) is 2.64. The minimum absolute atomic E-state index is 0. The predicted molar refractivity (Wildman–Crippen MR) is 43.8 cm³/mol. The summed E-state index contributed by atoms with van der Waals surface area (Å²) in [5, 5.41) is 9.74. The number of fused-ring (bicyclic) bond motifs is 2. The first kappa shape index (κ1) is 9.26. The third-order valence-electron chi connectivity index (χ3n) is 2.64. The van der Waals surface area contributed by atoms with Crippen molar-refractivity contribution in [1.29, 1.82) is 0 Å². The molecule has 3 N–H and O–H groups in total. The van der Waals surface area contributed by atoms with Crippen LogP contribution in [0.15, 0.2) is 0 Å². The molecule has 0 aromatic carbocycles. The molecule has 3 nitrogen and oxygen atoms in total. The minimum Gasteiger partial charge on any atom is -0.386 e. The zero-order valence-corrected chi connectivity index (χ0v) is 7.14. The first-order valence-corrected chi connectivity index (χ1v) is 3.82. The highest BCUT2D eigenvalue weighted by Crippen LogP contribution is 2.40. The van der Waals surface area contributed by atoms with Crippen LogP contribution in [0.4, 0.5) is 0 Å². The molecule has 2 aliphatic rings. The predicted octanol–water partition coefficient (Wildman–Crippen LogP) is 0.0493. The summed E-state index contributed by atoms with van der Waals surface area (Å²) in [7, 11) is 0. The fourth-order valence-corrected chi connectivity index (χ4v) is 1.99. The smallest absolute Gasteiger partial charge is 0.105 e. The Balaban J connectivity index is 0.000000605. The Kier molecular flexibility index (Phi) is 2.44. The zero-order valence-electron chi connectivity index (χ0n) is 6.32. The summed E-state index contributed by atoms with van der Waals surface area (Å²) in [4.78, 5) is 0. The van der Waals surface area contributed by atoms with Crippen molar-refractivity contribution >= 4 is 12.4 Å². The number of halogens is 1. The van der Waals surface area contributed by atoms with Crippen LogP contribution in [0.1, 0.15) is 19.3 Å². The van der Waals surface area contributed by atoms with E-state index < -0.39 is 5.60 Å². The number of hydrogen-bond donors (Lipinski definition) is 2. The van der Waals surface area contributed by atoms with Gasteiger partial charge in [-0.1, -0.05) is 0 Å². The molecule has 0 spiro atoms. The van der Waals surface area contributed by atoms with Gasteiger partial charge >= 0.3 is 0 Å². The van der Waals surface area contributed by atoms with Gasteiger partial charge in [-0.05, 0) is 12.8 Å². The topological polar surface area (TPSA) is 55.5 Å². The van der Waals surface area contributed by atoms with E-state index in [0.717, 1.165) is 19.3 Å². The molecule has 3 unspecified atom stereocenters. The Morgan fingerprint density at radius 2 is 2.27 bits per heavy atom. The summed E-state index contributed by atoms with van der Waals surface area (Å²) in [5.74, 6) is 0. The summed E-state index contributed by atoms with van der Waals surface area (Å²) in [6.07, 6.45) is 3.15. The van der Waals surface area contributed by atoms with Gasteiger partial charge in [-0.3, -0.25) is 0 Å². The van der Waals surface area contributed by atoms with Gasteiger partial charge in [0.25, 0.3) is 0 Å². The molecule has 66 valence electrons. The number of rotatable bonds is 1. The molecule has 0 amide bonds. The van der Waals surface area contributed by atoms with E-state index in [0.29, 0.717) is 12.6 Å². The summed E-state index contributed by atoms with van der Waals surface area (Å²) >= 11 is 0. The van der Waals surface area contributed by atoms with Gasteiger partial charge in [0, 0.05) is 13.0 Å². The van der Waals surface area contributed by atoms with Gasteiger partial charge in [-0.15, -0.1) is 12.4 Å². The molecular formula is C7H14ClNO2. The van der Waals surface area contributed by atoms with Gasteiger partial charge in [-0.25, -0.2) is 0 Å². The lowest BCUT2D eigenvalue weighted by atomic mass is 9.85. The van der Waals surface area contributed by atoms with Gasteiger partial charge in [0.1, 0.15) is 5.60 Å². The molecule has 4 heteroatoms. The molecule has 0 saturated carbocycles. The summed E-state index contributed by atoms with van der Waals surface area (Å²) in [6.45, 7) is 0.341. The highest BCUT2D eigenvalue weighted by Gasteiger charge is 2.50. The number of aliphatic hydroxyl groups is 1. The van der Waals surface area contributed by atoms with Crippen molar-refractivity contribution in [3.05, 3.63) is 0 Å². The van der Waals surface area contributed by atoms with E-state index in [4.69, 9.17) is 10.5 Å².